The normalized spacial score (nSPS) is 10.9. The van der Waals surface area contributed by atoms with Gasteiger partial charge in [-0.1, -0.05) is 66.2 Å². The molecule has 0 aliphatic carbocycles. The summed E-state index contributed by atoms with van der Waals surface area (Å²) in [6.45, 7) is 0. The van der Waals surface area contributed by atoms with Crippen molar-refractivity contribution in [3.05, 3.63) is 126 Å². The average molecular weight is 571 g/mol. The number of ketones is 1. The third kappa shape index (κ3) is 5.49. The Morgan fingerprint density at radius 1 is 0.625 bits per heavy atom. The minimum atomic E-state index is -1.88. The quantitative estimate of drug-likeness (QED) is 0.181. The zero-order valence-corrected chi connectivity index (χ0v) is 21.5. The van der Waals surface area contributed by atoms with E-state index in [-0.39, 0.29) is 29.8 Å². The Bertz CT molecular complexity index is 1020. The van der Waals surface area contributed by atoms with Crippen LogP contribution in [0.2, 0.25) is 5.02 Å². The third-order valence-corrected chi connectivity index (χ3v) is 10.4. The van der Waals surface area contributed by atoms with Crippen LogP contribution in [0.1, 0.15) is 23.2 Å². The smallest absolute Gasteiger partial charge is 0.163 e. The van der Waals surface area contributed by atoms with E-state index in [1.165, 1.54) is 15.9 Å². The van der Waals surface area contributed by atoms with E-state index in [4.69, 9.17) is 11.6 Å². The van der Waals surface area contributed by atoms with Gasteiger partial charge in [0.2, 0.25) is 0 Å². The highest BCUT2D eigenvalue weighted by molar-refractivity contribution is 7.95. The highest BCUT2D eigenvalue weighted by atomic mass is 127. The average Bonchev–Trinajstić information content (AvgIpc) is 2.84. The molecule has 4 heteroatoms. The molecule has 162 valence electrons. The van der Waals surface area contributed by atoms with Gasteiger partial charge in [-0.25, -0.2) is 0 Å². The van der Waals surface area contributed by atoms with Crippen molar-refractivity contribution in [2.75, 3.05) is 6.16 Å². The summed E-state index contributed by atoms with van der Waals surface area (Å²) in [5, 5.41) is 4.71. The van der Waals surface area contributed by atoms with E-state index in [9.17, 15) is 4.79 Å². The number of halogens is 2. The molecule has 0 saturated carbocycles. The van der Waals surface area contributed by atoms with E-state index in [0.717, 1.165) is 18.1 Å². The van der Waals surface area contributed by atoms with Crippen molar-refractivity contribution in [3.63, 3.8) is 0 Å². The topological polar surface area (TPSA) is 17.1 Å². The van der Waals surface area contributed by atoms with E-state index in [2.05, 4.69) is 91.0 Å². The summed E-state index contributed by atoms with van der Waals surface area (Å²) >= 11 is 5.98. The number of benzene rings is 4. The molecule has 0 N–H and O–H groups in total. The van der Waals surface area contributed by atoms with Gasteiger partial charge in [0.1, 0.15) is 23.2 Å². The molecular weight excluding hydrogens is 546 g/mol. The fraction of sp³-hybridized carbons (Fsp3) is 0.107. The second-order valence-electron chi connectivity index (χ2n) is 7.57. The maximum absolute atomic E-state index is 12.8. The van der Waals surface area contributed by atoms with E-state index in [0.29, 0.717) is 11.4 Å². The van der Waals surface area contributed by atoms with Crippen LogP contribution in [0, 0.1) is 0 Å². The molecule has 0 spiro atoms. The molecule has 32 heavy (non-hydrogen) atoms. The van der Waals surface area contributed by atoms with Crippen molar-refractivity contribution in [1.82, 2.24) is 0 Å². The van der Waals surface area contributed by atoms with Crippen LogP contribution >= 0.6 is 18.9 Å². The maximum Gasteiger partial charge on any atom is 0.163 e. The van der Waals surface area contributed by atoms with Crippen LogP contribution in [0.15, 0.2) is 115 Å². The molecule has 1 nitrogen and oxygen atoms in total. The predicted molar refractivity (Wildman–Crippen MR) is 135 cm³/mol. The number of carbonyl (C=O) groups is 1. The van der Waals surface area contributed by atoms with Gasteiger partial charge in [-0.05, 0) is 67.1 Å². The van der Waals surface area contributed by atoms with Crippen LogP contribution in [0.5, 0.6) is 0 Å². The van der Waals surface area contributed by atoms with Crippen molar-refractivity contribution >= 4 is 40.6 Å². The van der Waals surface area contributed by atoms with Crippen molar-refractivity contribution in [1.29, 1.82) is 0 Å². The Hall–Kier alpha value is -2.00. The van der Waals surface area contributed by atoms with Crippen LogP contribution in [-0.2, 0) is 0 Å². The molecule has 0 aliphatic heterocycles. The molecule has 0 unspecified atom stereocenters. The minimum Gasteiger partial charge on any atom is -1.00 e. The first-order valence-corrected chi connectivity index (χ1v) is 12.9. The van der Waals surface area contributed by atoms with Gasteiger partial charge in [0.15, 0.2) is 5.78 Å². The van der Waals surface area contributed by atoms with Crippen molar-refractivity contribution in [2.45, 2.75) is 12.8 Å². The van der Waals surface area contributed by atoms with Gasteiger partial charge < -0.3 is 24.0 Å². The standard InChI is InChI=1S/C28H25ClOP.HI/c29-24-20-18-23(19-21-24)28(30)17-10-22-31(25-11-4-1-5-12-25,26-13-6-2-7-14-26)27-15-8-3-9-16-27;/h1-9,11-16,18-21H,10,17,22H2;1H/q+1;/p-1. The van der Waals surface area contributed by atoms with Gasteiger partial charge in [0, 0.05) is 17.0 Å². The lowest BCUT2D eigenvalue weighted by Crippen LogP contribution is -3.00. The van der Waals surface area contributed by atoms with Crippen LogP contribution in [0.4, 0.5) is 0 Å². The summed E-state index contributed by atoms with van der Waals surface area (Å²) in [7, 11) is -1.88. The van der Waals surface area contributed by atoms with Crippen LogP contribution in [0.25, 0.3) is 0 Å². The van der Waals surface area contributed by atoms with Crippen molar-refractivity contribution in [3.8, 4) is 0 Å². The summed E-state index contributed by atoms with van der Waals surface area (Å²) < 4.78 is 0. The van der Waals surface area contributed by atoms with Crippen LogP contribution < -0.4 is 39.9 Å². The maximum atomic E-state index is 12.8. The van der Waals surface area contributed by atoms with Gasteiger partial charge in [-0.15, -0.1) is 0 Å². The molecule has 0 atom stereocenters. The first kappa shape index (κ1) is 24.6. The molecule has 4 aromatic rings. The van der Waals surface area contributed by atoms with Crippen molar-refractivity contribution in [2.24, 2.45) is 0 Å². The molecule has 0 aliphatic rings. The highest BCUT2D eigenvalue weighted by Crippen LogP contribution is 2.55. The SMILES string of the molecule is O=C(CCC[P+](c1ccccc1)(c1ccccc1)c1ccccc1)c1ccc(Cl)cc1.[I-]. The Morgan fingerprint density at radius 3 is 1.44 bits per heavy atom. The van der Waals surface area contributed by atoms with E-state index in [1.807, 2.05) is 12.1 Å². The Balaban J connectivity index is 0.00000289. The summed E-state index contributed by atoms with van der Waals surface area (Å²) in [4.78, 5) is 12.8. The van der Waals surface area contributed by atoms with Gasteiger partial charge in [0.05, 0.1) is 6.16 Å². The molecule has 0 aromatic heterocycles. The fourth-order valence-electron chi connectivity index (χ4n) is 4.14. The molecule has 0 fully saturated rings. The summed E-state index contributed by atoms with van der Waals surface area (Å²) in [6, 6.07) is 39.6. The van der Waals surface area contributed by atoms with Gasteiger partial charge >= 0.3 is 0 Å². The molecule has 0 saturated heterocycles. The predicted octanol–water partition coefficient (Wildman–Crippen LogP) is 3.30. The lowest BCUT2D eigenvalue weighted by atomic mass is 10.1. The number of hydrogen-bond donors (Lipinski definition) is 0. The summed E-state index contributed by atoms with van der Waals surface area (Å²) in [5.74, 6) is 0.170. The fourth-order valence-corrected chi connectivity index (χ4v) is 8.61. The zero-order valence-electron chi connectivity index (χ0n) is 17.7. The highest BCUT2D eigenvalue weighted by Gasteiger charge is 2.44. The van der Waals surface area contributed by atoms with E-state index >= 15 is 0 Å². The van der Waals surface area contributed by atoms with E-state index < -0.39 is 7.26 Å². The van der Waals surface area contributed by atoms with Gasteiger partial charge in [-0.2, -0.15) is 0 Å². The second-order valence-corrected chi connectivity index (χ2v) is 11.6. The monoisotopic (exact) mass is 570 g/mol. The number of carbonyl (C=O) groups excluding carboxylic acids is 1. The summed E-state index contributed by atoms with van der Waals surface area (Å²) in [6.07, 6.45) is 2.30. The lowest BCUT2D eigenvalue weighted by Gasteiger charge is -2.27. The molecule has 4 rings (SSSR count). The molecular formula is C28H25ClIOP. The first-order valence-electron chi connectivity index (χ1n) is 10.5. The number of rotatable bonds is 8. The molecule has 4 aromatic carbocycles. The number of Topliss-reactive ketones (excluding diaryl/α,β-unsaturated/α-hetero) is 1. The number of hydrogen-bond acceptors (Lipinski definition) is 1. The lowest BCUT2D eigenvalue weighted by molar-refractivity contribution is -0.0000139. The Labute approximate surface area is 213 Å². The molecule has 0 bridgehead atoms. The Kier molecular flexibility index (Phi) is 9.04. The van der Waals surface area contributed by atoms with Crippen LogP contribution in [-0.4, -0.2) is 11.9 Å². The van der Waals surface area contributed by atoms with Crippen LogP contribution in [0.3, 0.4) is 0 Å². The minimum absolute atomic E-state index is 0. The van der Waals surface area contributed by atoms with E-state index in [1.54, 1.807) is 12.1 Å². The van der Waals surface area contributed by atoms with Gasteiger partial charge in [-0.3, -0.25) is 4.79 Å². The first-order chi connectivity index (χ1) is 15.2. The third-order valence-electron chi connectivity index (χ3n) is 5.65. The van der Waals surface area contributed by atoms with Gasteiger partial charge in [0.25, 0.3) is 0 Å². The second kappa shape index (κ2) is 11.7. The largest absolute Gasteiger partial charge is 1.00 e. The van der Waals surface area contributed by atoms with Crippen molar-refractivity contribution < 1.29 is 28.8 Å². The molecule has 0 heterocycles. The molecule has 0 radical (unpaired) electrons. The summed E-state index contributed by atoms with van der Waals surface area (Å²) in [5.41, 5.74) is 0.729. The Morgan fingerprint density at radius 2 is 1.03 bits per heavy atom. The molecule has 0 amide bonds. The zero-order chi connectivity index (χ0) is 21.5.